The fraction of sp³-hybridized carbons (Fsp3) is 0.632. The van der Waals surface area contributed by atoms with Crippen LogP contribution in [-0.2, 0) is 4.74 Å². The van der Waals surface area contributed by atoms with Gasteiger partial charge in [0.15, 0.2) is 0 Å². The van der Waals surface area contributed by atoms with Crippen LogP contribution in [0.25, 0.3) is 10.9 Å². The summed E-state index contributed by atoms with van der Waals surface area (Å²) in [5.74, 6) is 1.71. The summed E-state index contributed by atoms with van der Waals surface area (Å²) < 4.78 is 11.7. The van der Waals surface area contributed by atoms with E-state index in [4.69, 9.17) is 9.47 Å². The lowest BCUT2D eigenvalue weighted by molar-refractivity contribution is 0.136. The molecule has 1 unspecified atom stereocenters. The highest BCUT2D eigenvalue weighted by atomic mass is 16.5. The average Bonchev–Trinajstić information content (AvgIpc) is 3.28. The fourth-order valence-electron chi connectivity index (χ4n) is 3.91. The third-order valence-electron chi connectivity index (χ3n) is 5.53. The van der Waals surface area contributed by atoms with Crippen molar-refractivity contribution in [2.75, 3.05) is 19.8 Å². The second kappa shape index (κ2) is 7.11. The smallest absolute Gasteiger partial charge is 0.123 e. The van der Waals surface area contributed by atoms with Gasteiger partial charge in [-0.15, -0.1) is 0 Å². The number of ether oxygens (including phenoxy) is 2. The lowest BCUT2D eigenvalue weighted by Crippen LogP contribution is -2.38. The molecule has 2 aromatic rings. The summed E-state index contributed by atoms with van der Waals surface area (Å²) in [4.78, 5) is 0. The summed E-state index contributed by atoms with van der Waals surface area (Å²) in [7, 11) is 0. The zero-order chi connectivity index (χ0) is 16.4. The van der Waals surface area contributed by atoms with Gasteiger partial charge < -0.3 is 14.8 Å². The molecule has 5 nitrogen and oxygen atoms in total. The van der Waals surface area contributed by atoms with Crippen LogP contribution in [0, 0.1) is 12.8 Å². The van der Waals surface area contributed by atoms with Crippen LogP contribution < -0.4 is 10.1 Å². The third kappa shape index (κ3) is 3.42. The summed E-state index contributed by atoms with van der Waals surface area (Å²) in [6, 6.07) is 4.77. The van der Waals surface area contributed by atoms with Gasteiger partial charge in [0.2, 0.25) is 0 Å². The number of aryl methyl sites for hydroxylation is 1. The molecule has 0 amide bonds. The van der Waals surface area contributed by atoms with Gasteiger partial charge in [-0.3, -0.25) is 5.10 Å². The van der Waals surface area contributed by atoms with Gasteiger partial charge in [-0.2, -0.15) is 5.10 Å². The quantitative estimate of drug-likeness (QED) is 0.884. The van der Waals surface area contributed by atoms with Crippen LogP contribution in [0.15, 0.2) is 18.3 Å². The van der Waals surface area contributed by atoms with Gasteiger partial charge in [0, 0.05) is 30.1 Å². The molecule has 1 aromatic carbocycles. The van der Waals surface area contributed by atoms with Crippen molar-refractivity contribution >= 4 is 10.9 Å². The number of H-pyrrole nitrogens is 1. The van der Waals surface area contributed by atoms with E-state index in [0.29, 0.717) is 18.1 Å². The van der Waals surface area contributed by atoms with Gasteiger partial charge in [-0.25, -0.2) is 0 Å². The van der Waals surface area contributed by atoms with E-state index in [1.54, 1.807) is 0 Å². The Morgan fingerprint density at radius 2 is 2.12 bits per heavy atom. The number of hydrogen-bond acceptors (Lipinski definition) is 4. The molecule has 2 N–H and O–H groups in total. The zero-order valence-electron chi connectivity index (χ0n) is 14.4. The molecular formula is C19H27N3O2. The fourth-order valence-corrected chi connectivity index (χ4v) is 3.91. The van der Waals surface area contributed by atoms with Crippen molar-refractivity contribution in [3.05, 3.63) is 23.9 Å². The molecule has 2 aliphatic rings. The molecular weight excluding hydrogens is 302 g/mol. The third-order valence-corrected chi connectivity index (χ3v) is 5.53. The number of nitrogens with one attached hydrogen (secondary N) is 2. The Bertz CT molecular complexity index is 670. The van der Waals surface area contributed by atoms with Crippen LogP contribution in [0.5, 0.6) is 5.75 Å². The molecule has 24 heavy (non-hydrogen) atoms. The van der Waals surface area contributed by atoms with Gasteiger partial charge in [-0.05, 0) is 57.1 Å². The zero-order valence-corrected chi connectivity index (χ0v) is 14.4. The first-order valence-corrected chi connectivity index (χ1v) is 9.20. The summed E-state index contributed by atoms with van der Waals surface area (Å²) in [6.07, 6.45) is 8.08. The Balaban J connectivity index is 1.28. The Labute approximate surface area is 143 Å². The number of fused-ring (bicyclic) bond motifs is 1. The minimum absolute atomic E-state index is 0.334. The van der Waals surface area contributed by atoms with Gasteiger partial charge in [0.25, 0.3) is 0 Å². The molecule has 1 aromatic heterocycles. The second-order valence-corrected chi connectivity index (χ2v) is 7.25. The molecule has 1 aliphatic carbocycles. The highest BCUT2D eigenvalue weighted by Gasteiger charge is 2.24. The molecule has 4 rings (SSSR count). The first-order chi connectivity index (χ1) is 11.8. The maximum Gasteiger partial charge on any atom is 0.123 e. The van der Waals surface area contributed by atoms with E-state index in [-0.39, 0.29) is 0 Å². The summed E-state index contributed by atoms with van der Waals surface area (Å²) in [6.45, 7) is 5.09. The number of rotatable bonds is 5. The lowest BCUT2D eigenvalue weighted by Gasteiger charge is -2.30. The highest BCUT2D eigenvalue weighted by molar-refractivity contribution is 5.83. The van der Waals surface area contributed by atoms with E-state index in [0.717, 1.165) is 49.3 Å². The van der Waals surface area contributed by atoms with E-state index in [2.05, 4.69) is 34.6 Å². The predicted molar refractivity (Wildman–Crippen MR) is 94.4 cm³/mol. The molecule has 1 saturated carbocycles. The normalized spacial score (nSPS) is 27.6. The molecule has 5 heteroatoms. The number of hydrogen-bond donors (Lipinski definition) is 2. The average molecular weight is 329 g/mol. The van der Waals surface area contributed by atoms with E-state index in [9.17, 15) is 0 Å². The first kappa shape index (κ1) is 15.9. The van der Waals surface area contributed by atoms with Crippen molar-refractivity contribution in [3.63, 3.8) is 0 Å². The van der Waals surface area contributed by atoms with Crippen LogP contribution in [0.3, 0.4) is 0 Å². The Morgan fingerprint density at radius 1 is 1.25 bits per heavy atom. The van der Waals surface area contributed by atoms with Gasteiger partial charge in [0.05, 0.1) is 24.4 Å². The van der Waals surface area contributed by atoms with Crippen molar-refractivity contribution in [1.82, 2.24) is 15.5 Å². The number of nitrogens with zero attached hydrogens (tertiary/aromatic N) is 1. The minimum Gasteiger partial charge on any atom is -0.490 e. The van der Waals surface area contributed by atoms with E-state index >= 15 is 0 Å². The Kier molecular flexibility index (Phi) is 4.72. The minimum atomic E-state index is 0.334. The molecule has 2 fully saturated rings. The summed E-state index contributed by atoms with van der Waals surface area (Å²) in [5.41, 5.74) is 2.26. The van der Waals surface area contributed by atoms with Crippen molar-refractivity contribution < 1.29 is 9.47 Å². The monoisotopic (exact) mass is 329 g/mol. The Morgan fingerprint density at radius 3 is 2.92 bits per heavy atom. The predicted octanol–water partition coefficient (Wildman–Crippen LogP) is 3.19. The van der Waals surface area contributed by atoms with E-state index in [1.165, 1.54) is 24.8 Å². The Hall–Kier alpha value is -1.59. The van der Waals surface area contributed by atoms with Gasteiger partial charge in [0.1, 0.15) is 5.75 Å². The second-order valence-electron chi connectivity index (χ2n) is 7.25. The van der Waals surface area contributed by atoms with Crippen molar-refractivity contribution in [1.29, 1.82) is 0 Å². The largest absolute Gasteiger partial charge is 0.490 e. The van der Waals surface area contributed by atoms with Crippen LogP contribution >= 0.6 is 0 Å². The molecule has 0 bridgehead atoms. The van der Waals surface area contributed by atoms with Gasteiger partial charge >= 0.3 is 0 Å². The van der Waals surface area contributed by atoms with Crippen molar-refractivity contribution in [2.24, 2.45) is 5.92 Å². The van der Waals surface area contributed by atoms with E-state index < -0.39 is 0 Å². The lowest BCUT2D eigenvalue weighted by atomic mass is 9.92. The molecule has 2 heterocycles. The van der Waals surface area contributed by atoms with Crippen molar-refractivity contribution in [3.8, 4) is 5.75 Å². The molecule has 1 atom stereocenters. The van der Waals surface area contributed by atoms with Crippen LogP contribution in [0.1, 0.15) is 37.7 Å². The molecule has 1 aliphatic heterocycles. The van der Waals surface area contributed by atoms with Crippen LogP contribution in [0.4, 0.5) is 0 Å². The SMILES string of the molecule is Cc1c(O[C@H]2CC[C@H](NCC3CCOC3)CC2)ccc2[nH]ncc12. The molecule has 130 valence electrons. The van der Waals surface area contributed by atoms with E-state index in [1.807, 2.05) is 6.20 Å². The maximum absolute atomic E-state index is 6.30. The van der Waals surface area contributed by atoms with Crippen LogP contribution in [-0.4, -0.2) is 42.1 Å². The molecule has 1 saturated heterocycles. The topological polar surface area (TPSA) is 59.2 Å². The maximum atomic E-state index is 6.30. The summed E-state index contributed by atoms with van der Waals surface area (Å²) >= 11 is 0. The van der Waals surface area contributed by atoms with Gasteiger partial charge in [-0.1, -0.05) is 0 Å². The number of aromatic nitrogens is 2. The number of aromatic amines is 1. The molecule has 0 radical (unpaired) electrons. The highest BCUT2D eigenvalue weighted by Crippen LogP contribution is 2.30. The summed E-state index contributed by atoms with van der Waals surface area (Å²) in [5, 5.41) is 12.0. The first-order valence-electron chi connectivity index (χ1n) is 9.20. The number of benzene rings is 1. The molecule has 0 spiro atoms. The standard InChI is InChI=1S/C19H27N3O2/c1-13-17-11-21-22-18(17)6-7-19(13)24-16-4-2-15(3-5-16)20-10-14-8-9-23-12-14/h6-7,11,14-16,20H,2-5,8-10,12H2,1H3,(H,21,22)/t14?,15-,16-. The van der Waals surface area contributed by atoms with Crippen molar-refractivity contribution in [2.45, 2.75) is 51.2 Å². The van der Waals surface area contributed by atoms with Crippen LogP contribution in [0.2, 0.25) is 0 Å².